The second-order valence-electron chi connectivity index (χ2n) is 4.53. The molecule has 1 amide bonds. The third-order valence-corrected chi connectivity index (χ3v) is 2.63. The van der Waals surface area contributed by atoms with Crippen molar-refractivity contribution in [3.63, 3.8) is 0 Å². The first kappa shape index (κ1) is 15.1. The lowest BCUT2D eigenvalue weighted by Crippen LogP contribution is -2.50. The van der Waals surface area contributed by atoms with Crippen molar-refractivity contribution in [2.45, 2.75) is 19.4 Å². The highest BCUT2D eigenvalue weighted by Crippen LogP contribution is 2.24. The van der Waals surface area contributed by atoms with Crippen molar-refractivity contribution in [2.24, 2.45) is 5.73 Å². The van der Waals surface area contributed by atoms with Gasteiger partial charge in [0, 0.05) is 22.1 Å². The van der Waals surface area contributed by atoms with Gasteiger partial charge in [0.2, 0.25) is 0 Å². The average Bonchev–Trinajstić information content (AvgIpc) is 2.24. The van der Waals surface area contributed by atoms with Crippen LogP contribution in [-0.4, -0.2) is 24.6 Å². The topological polar surface area (TPSA) is 64.3 Å². The summed E-state index contributed by atoms with van der Waals surface area (Å²) in [5.41, 5.74) is 5.06. The zero-order chi connectivity index (χ0) is 13.8. The van der Waals surface area contributed by atoms with Crippen LogP contribution in [0.15, 0.2) is 18.2 Å². The van der Waals surface area contributed by atoms with Crippen LogP contribution in [0.5, 0.6) is 5.75 Å². The standard InChI is InChI=1S/C12H16Cl2N2O2/c1-12(2,7-15)16-11(17)6-18-10-4-8(13)3-9(14)5-10/h3-5H,6-7,15H2,1-2H3,(H,16,17). The van der Waals surface area contributed by atoms with Crippen LogP contribution in [0.2, 0.25) is 10.0 Å². The highest BCUT2D eigenvalue weighted by atomic mass is 35.5. The molecule has 3 N–H and O–H groups in total. The van der Waals surface area contributed by atoms with Gasteiger partial charge in [-0.05, 0) is 32.0 Å². The maximum absolute atomic E-state index is 11.6. The normalized spacial score (nSPS) is 11.2. The number of ether oxygens (including phenoxy) is 1. The summed E-state index contributed by atoms with van der Waals surface area (Å²) in [6.07, 6.45) is 0. The van der Waals surface area contributed by atoms with E-state index in [0.29, 0.717) is 22.3 Å². The number of hydrogen-bond acceptors (Lipinski definition) is 3. The Morgan fingerprint density at radius 2 is 1.89 bits per heavy atom. The van der Waals surface area contributed by atoms with Gasteiger partial charge in [-0.15, -0.1) is 0 Å². The van der Waals surface area contributed by atoms with E-state index in [9.17, 15) is 4.79 Å². The second-order valence-corrected chi connectivity index (χ2v) is 5.40. The van der Waals surface area contributed by atoms with Crippen LogP contribution in [0.1, 0.15) is 13.8 Å². The number of nitrogens with two attached hydrogens (primary N) is 1. The van der Waals surface area contributed by atoms with Crippen LogP contribution >= 0.6 is 23.2 Å². The number of halogens is 2. The van der Waals surface area contributed by atoms with E-state index in [2.05, 4.69) is 5.32 Å². The van der Waals surface area contributed by atoms with Crippen LogP contribution in [0, 0.1) is 0 Å². The highest BCUT2D eigenvalue weighted by Gasteiger charge is 2.18. The van der Waals surface area contributed by atoms with E-state index in [1.165, 1.54) is 0 Å². The first-order valence-electron chi connectivity index (χ1n) is 5.42. The minimum Gasteiger partial charge on any atom is -0.484 e. The molecular weight excluding hydrogens is 275 g/mol. The van der Waals surface area contributed by atoms with E-state index in [0.717, 1.165) is 0 Å². The Hall–Kier alpha value is -0.970. The summed E-state index contributed by atoms with van der Waals surface area (Å²) in [5, 5.41) is 3.67. The van der Waals surface area contributed by atoms with Gasteiger partial charge in [-0.3, -0.25) is 4.79 Å². The van der Waals surface area contributed by atoms with Gasteiger partial charge in [-0.25, -0.2) is 0 Å². The van der Waals surface area contributed by atoms with Crippen molar-refractivity contribution in [2.75, 3.05) is 13.2 Å². The van der Waals surface area contributed by atoms with E-state index in [1.807, 2.05) is 13.8 Å². The molecule has 0 unspecified atom stereocenters. The molecule has 4 nitrogen and oxygen atoms in total. The van der Waals surface area contributed by atoms with Crippen LogP contribution < -0.4 is 15.8 Å². The molecule has 1 aromatic carbocycles. The minimum atomic E-state index is -0.452. The average molecular weight is 291 g/mol. The molecule has 0 aliphatic carbocycles. The molecule has 0 atom stereocenters. The van der Waals surface area contributed by atoms with Gasteiger partial charge in [-0.1, -0.05) is 23.2 Å². The molecule has 1 rings (SSSR count). The molecule has 0 saturated carbocycles. The zero-order valence-electron chi connectivity index (χ0n) is 10.3. The molecule has 0 bridgehead atoms. The van der Waals surface area contributed by atoms with Crippen molar-refractivity contribution < 1.29 is 9.53 Å². The smallest absolute Gasteiger partial charge is 0.258 e. The molecule has 100 valence electrons. The summed E-state index contributed by atoms with van der Waals surface area (Å²) in [6, 6.07) is 4.77. The van der Waals surface area contributed by atoms with Gasteiger partial charge in [0.15, 0.2) is 6.61 Å². The fourth-order valence-electron chi connectivity index (χ4n) is 1.23. The lowest BCUT2D eigenvalue weighted by molar-refractivity contribution is -0.124. The third kappa shape index (κ3) is 5.12. The van der Waals surface area contributed by atoms with Crippen molar-refractivity contribution in [1.29, 1.82) is 0 Å². The lowest BCUT2D eigenvalue weighted by Gasteiger charge is -2.24. The maximum atomic E-state index is 11.6. The summed E-state index contributed by atoms with van der Waals surface area (Å²) in [6.45, 7) is 3.91. The Bertz CT molecular complexity index is 416. The number of carbonyl (C=O) groups is 1. The number of carbonyl (C=O) groups excluding carboxylic acids is 1. The molecule has 0 aliphatic rings. The Morgan fingerprint density at radius 3 is 2.39 bits per heavy atom. The van der Waals surface area contributed by atoms with E-state index >= 15 is 0 Å². The Balaban J connectivity index is 2.52. The van der Waals surface area contributed by atoms with Crippen molar-refractivity contribution in [1.82, 2.24) is 5.32 Å². The SMILES string of the molecule is CC(C)(CN)NC(=O)COc1cc(Cl)cc(Cl)c1. The summed E-state index contributed by atoms with van der Waals surface area (Å²) in [5.74, 6) is 0.203. The van der Waals surface area contributed by atoms with E-state index in [1.54, 1.807) is 18.2 Å². The quantitative estimate of drug-likeness (QED) is 0.874. The van der Waals surface area contributed by atoms with Crippen molar-refractivity contribution in [3.8, 4) is 5.75 Å². The molecular formula is C12H16Cl2N2O2. The van der Waals surface area contributed by atoms with Gasteiger partial charge in [-0.2, -0.15) is 0 Å². The van der Waals surface area contributed by atoms with Crippen LogP contribution in [0.4, 0.5) is 0 Å². The molecule has 18 heavy (non-hydrogen) atoms. The number of rotatable bonds is 5. The van der Waals surface area contributed by atoms with E-state index in [4.69, 9.17) is 33.7 Å². The Kier molecular flexibility index (Phi) is 5.26. The highest BCUT2D eigenvalue weighted by molar-refractivity contribution is 6.34. The summed E-state index contributed by atoms with van der Waals surface area (Å²) >= 11 is 11.6. The lowest BCUT2D eigenvalue weighted by atomic mass is 10.1. The van der Waals surface area contributed by atoms with Crippen molar-refractivity contribution >= 4 is 29.1 Å². The molecule has 0 heterocycles. The Labute approximate surface area is 116 Å². The molecule has 0 aliphatic heterocycles. The molecule has 6 heteroatoms. The van der Waals surface area contributed by atoms with Crippen LogP contribution in [-0.2, 0) is 4.79 Å². The van der Waals surface area contributed by atoms with Crippen LogP contribution in [0.25, 0.3) is 0 Å². The first-order chi connectivity index (χ1) is 8.32. The molecule has 0 spiro atoms. The molecule has 0 radical (unpaired) electrons. The minimum absolute atomic E-state index is 0.111. The third-order valence-electron chi connectivity index (χ3n) is 2.19. The Morgan fingerprint density at radius 1 is 1.33 bits per heavy atom. The molecule has 0 saturated heterocycles. The van der Waals surface area contributed by atoms with Gasteiger partial charge < -0.3 is 15.8 Å². The van der Waals surface area contributed by atoms with E-state index in [-0.39, 0.29) is 12.5 Å². The largest absolute Gasteiger partial charge is 0.484 e. The number of benzene rings is 1. The summed E-state index contributed by atoms with van der Waals surface area (Å²) < 4.78 is 5.30. The van der Waals surface area contributed by atoms with Gasteiger partial charge in [0.1, 0.15) is 5.75 Å². The van der Waals surface area contributed by atoms with E-state index < -0.39 is 5.54 Å². The molecule has 1 aromatic rings. The molecule has 0 aromatic heterocycles. The summed E-state index contributed by atoms with van der Waals surface area (Å²) in [7, 11) is 0. The fourth-order valence-corrected chi connectivity index (χ4v) is 1.73. The molecule has 0 fully saturated rings. The number of amides is 1. The zero-order valence-corrected chi connectivity index (χ0v) is 11.8. The monoisotopic (exact) mass is 290 g/mol. The predicted molar refractivity (Wildman–Crippen MR) is 73.2 cm³/mol. The van der Waals surface area contributed by atoms with Gasteiger partial charge in [0.05, 0.1) is 0 Å². The fraction of sp³-hybridized carbons (Fsp3) is 0.417. The van der Waals surface area contributed by atoms with Crippen molar-refractivity contribution in [3.05, 3.63) is 28.2 Å². The van der Waals surface area contributed by atoms with Gasteiger partial charge >= 0.3 is 0 Å². The van der Waals surface area contributed by atoms with Crippen LogP contribution in [0.3, 0.4) is 0 Å². The second kappa shape index (κ2) is 6.27. The summed E-state index contributed by atoms with van der Waals surface area (Å²) in [4.78, 5) is 11.6. The van der Waals surface area contributed by atoms with Gasteiger partial charge in [0.25, 0.3) is 5.91 Å². The predicted octanol–water partition coefficient (Wildman–Crippen LogP) is 2.23. The number of hydrogen-bond donors (Lipinski definition) is 2. The number of nitrogens with one attached hydrogen (secondary N) is 1. The maximum Gasteiger partial charge on any atom is 0.258 e. The first-order valence-corrected chi connectivity index (χ1v) is 6.18.